The summed E-state index contributed by atoms with van der Waals surface area (Å²) in [7, 11) is 0. The van der Waals surface area contributed by atoms with Gasteiger partial charge in [0.05, 0.1) is 29.3 Å². The normalized spacial score (nSPS) is 15.1. The van der Waals surface area contributed by atoms with Crippen LogP contribution in [-0.2, 0) is 13.1 Å². The maximum absolute atomic E-state index is 15.6. The molecule has 0 atom stereocenters. The third-order valence-corrected chi connectivity index (χ3v) is 5.29. The van der Waals surface area contributed by atoms with Crippen LogP contribution in [0.25, 0.3) is 10.9 Å². The van der Waals surface area contributed by atoms with Crippen molar-refractivity contribution in [2.75, 3.05) is 4.90 Å². The van der Waals surface area contributed by atoms with Gasteiger partial charge in [0.15, 0.2) is 11.6 Å². The van der Waals surface area contributed by atoms with Crippen LogP contribution < -0.4 is 15.1 Å². The first kappa shape index (κ1) is 20.1. The molecule has 5 rings (SSSR count). The number of pyridine rings is 2. The minimum atomic E-state index is -1.66. The third kappa shape index (κ3) is 3.15. The highest BCUT2D eigenvalue weighted by molar-refractivity contribution is 5.86. The fraction of sp³-hybridized carbons (Fsp3) is 0.250. The Morgan fingerprint density at radius 1 is 1.27 bits per heavy atom. The van der Waals surface area contributed by atoms with E-state index in [1.165, 1.54) is 10.8 Å². The van der Waals surface area contributed by atoms with E-state index in [9.17, 15) is 14.0 Å². The van der Waals surface area contributed by atoms with E-state index in [4.69, 9.17) is 5.11 Å². The molecule has 3 heterocycles. The Morgan fingerprint density at radius 2 is 2.03 bits per heavy atom. The summed E-state index contributed by atoms with van der Waals surface area (Å²) in [6.45, 7) is 0.555. The molecule has 0 unspecified atom stereocenters. The summed E-state index contributed by atoms with van der Waals surface area (Å²) in [6, 6.07) is 4.48. The van der Waals surface area contributed by atoms with Crippen LogP contribution in [0.5, 0.6) is 5.75 Å². The van der Waals surface area contributed by atoms with Gasteiger partial charge < -0.3 is 19.3 Å². The molecule has 0 radical (unpaired) electrons. The van der Waals surface area contributed by atoms with E-state index in [2.05, 4.69) is 9.72 Å². The second-order valence-electron chi connectivity index (χ2n) is 7.21. The molecule has 1 aliphatic heterocycles. The molecule has 0 amide bonds. The summed E-state index contributed by atoms with van der Waals surface area (Å²) in [5.41, 5.74) is 0.495. The van der Waals surface area contributed by atoms with Crippen LogP contribution in [0.4, 0.5) is 19.3 Å². The number of carbonyl (C=O) groups is 1. The first-order valence-electron chi connectivity index (χ1n) is 9.09. The summed E-state index contributed by atoms with van der Waals surface area (Å²) >= 11 is 0. The lowest BCUT2D eigenvalue weighted by molar-refractivity contribution is 0.143. The fourth-order valence-electron chi connectivity index (χ4n) is 3.86. The van der Waals surface area contributed by atoms with E-state index in [1.807, 2.05) is 6.07 Å². The molecule has 0 spiro atoms. The molecule has 2 aliphatic rings. The minimum Gasteiger partial charge on any atom is -0.449 e. The summed E-state index contributed by atoms with van der Waals surface area (Å²) in [4.78, 5) is 29.3. The lowest BCUT2D eigenvalue weighted by Gasteiger charge is -2.21. The fourth-order valence-corrected chi connectivity index (χ4v) is 3.86. The number of hydrogen-bond acceptors (Lipinski definition) is 5. The van der Waals surface area contributed by atoms with E-state index in [1.54, 1.807) is 17.2 Å². The third-order valence-electron chi connectivity index (χ3n) is 5.29. The SMILES string of the molecule is Cl.O=C(O)Oc1cn(C2CC2)c2c(F)c(N3Cc4cccnc4C3)c(F)cc2c1=O. The molecular formula is C20H16ClF2N3O4. The smallest absolute Gasteiger partial charge is 0.449 e. The van der Waals surface area contributed by atoms with Gasteiger partial charge in [-0.1, -0.05) is 6.07 Å². The zero-order valence-corrected chi connectivity index (χ0v) is 16.3. The predicted molar refractivity (Wildman–Crippen MR) is 106 cm³/mol. The van der Waals surface area contributed by atoms with Gasteiger partial charge in [0.1, 0.15) is 11.5 Å². The van der Waals surface area contributed by atoms with Crippen LogP contribution in [0.15, 0.2) is 35.4 Å². The summed E-state index contributed by atoms with van der Waals surface area (Å²) in [5, 5.41) is 8.61. The molecule has 1 fully saturated rings. The zero-order chi connectivity index (χ0) is 20.3. The Hall–Kier alpha value is -3.20. The lowest BCUT2D eigenvalue weighted by atomic mass is 10.1. The number of anilines is 1. The Balaban J connectivity index is 0.00000218. The summed E-state index contributed by atoms with van der Waals surface area (Å²) < 4.78 is 36.6. The maximum atomic E-state index is 15.6. The van der Waals surface area contributed by atoms with Crippen molar-refractivity contribution < 1.29 is 23.4 Å². The van der Waals surface area contributed by atoms with E-state index >= 15 is 4.39 Å². The molecule has 1 N–H and O–H groups in total. The zero-order valence-electron chi connectivity index (χ0n) is 15.5. The Morgan fingerprint density at radius 3 is 2.70 bits per heavy atom. The predicted octanol–water partition coefficient (Wildman–Crippen LogP) is 4.01. The van der Waals surface area contributed by atoms with Gasteiger partial charge in [-0.2, -0.15) is 0 Å². The second kappa shape index (κ2) is 7.24. The molecule has 30 heavy (non-hydrogen) atoms. The average Bonchev–Trinajstić information content (AvgIpc) is 3.43. The lowest BCUT2D eigenvalue weighted by Crippen LogP contribution is -2.21. The molecule has 156 valence electrons. The van der Waals surface area contributed by atoms with Crippen LogP contribution in [-0.4, -0.2) is 20.8 Å². The standard InChI is InChI=1S/C20H15F2N3O4.ClH/c21-13-6-12-17(25(11-3-4-11)9-15(19(12)26)29-20(27)28)16(22)18(13)24-7-10-2-1-5-23-14(10)8-24;/h1-2,5-6,9,11H,3-4,7-8H2,(H,27,28);1H. The maximum Gasteiger partial charge on any atom is 0.511 e. The Labute approximate surface area is 174 Å². The highest BCUT2D eigenvalue weighted by atomic mass is 35.5. The number of benzene rings is 1. The van der Waals surface area contributed by atoms with Gasteiger partial charge in [0.25, 0.3) is 0 Å². The molecule has 1 saturated carbocycles. The van der Waals surface area contributed by atoms with Gasteiger partial charge >= 0.3 is 6.16 Å². The summed E-state index contributed by atoms with van der Waals surface area (Å²) in [5.74, 6) is -2.21. The van der Waals surface area contributed by atoms with Crippen LogP contribution in [0.3, 0.4) is 0 Å². The van der Waals surface area contributed by atoms with Crippen molar-refractivity contribution in [2.24, 2.45) is 0 Å². The van der Waals surface area contributed by atoms with E-state index < -0.39 is 29.0 Å². The second-order valence-corrected chi connectivity index (χ2v) is 7.21. The van der Waals surface area contributed by atoms with Gasteiger partial charge in [-0.3, -0.25) is 9.78 Å². The topological polar surface area (TPSA) is 84.7 Å². The van der Waals surface area contributed by atoms with Crippen molar-refractivity contribution in [3.05, 3.63) is 63.7 Å². The Kier molecular flexibility index (Phi) is 4.85. The number of carboxylic acid groups (broad SMARTS) is 1. The molecule has 3 aromatic rings. The largest absolute Gasteiger partial charge is 0.511 e. The highest BCUT2D eigenvalue weighted by Gasteiger charge is 2.32. The number of hydrogen-bond donors (Lipinski definition) is 1. The van der Waals surface area contributed by atoms with Crippen molar-refractivity contribution in [3.8, 4) is 5.75 Å². The molecule has 0 bridgehead atoms. The van der Waals surface area contributed by atoms with Crippen molar-refractivity contribution >= 4 is 35.2 Å². The monoisotopic (exact) mass is 435 g/mol. The minimum absolute atomic E-state index is 0. The summed E-state index contributed by atoms with van der Waals surface area (Å²) in [6.07, 6.45) is 2.65. The molecule has 0 saturated heterocycles. The number of fused-ring (bicyclic) bond motifs is 2. The number of halogens is 3. The van der Waals surface area contributed by atoms with Crippen molar-refractivity contribution in [1.82, 2.24) is 9.55 Å². The number of nitrogens with zero attached hydrogens (tertiary/aromatic N) is 3. The average molecular weight is 436 g/mol. The van der Waals surface area contributed by atoms with Crippen LogP contribution in [0.2, 0.25) is 0 Å². The first-order chi connectivity index (χ1) is 13.9. The van der Waals surface area contributed by atoms with Crippen LogP contribution in [0, 0.1) is 11.6 Å². The van der Waals surface area contributed by atoms with Gasteiger partial charge in [0.2, 0.25) is 5.43 Å². The number of rotatable bonds is 3. The molecule has 7 nitrogen and oxygen atoms in total. The van der Waals surface area contributed by atoms with E-state index in [0.717, 1.165) is 30.2 Å². The molecule has 1 aromatic carbocycles. The molecule has 10 heteroatoms. The van der Waals surface area contributed by atoms with Gasteiger partial charge in [-0.05, 0) is 30.5 Å². The van der Waals surface area contributed by atoms with Gasteiger partial charge in [-0.25, -0.2) is 13.6 Å². The molecule has 2 aromatic heterocycles. The first-order valence-corrected chi connectivity index (χ1v) is 9.09. The van der Waals surface area contributed by atoms with E-state index in [-0.39, 0.29) is 41.6 Å². The van der Waals surface area contributed by atoms with Crippen molar-refractivity contribution in [2.45, 2.75) is 32.0 Å². The molecular weight excluding hydrogens is 420 g/mol. The highest BCUT2D eigenvalue weighted by Crippen LogP contribution is 2.41. The molecule has 1 aliphatic carbocycles. The van der Waals surface area contributed by atoms with Crippen LogP contribution >= 0.6 is 12.4 Å². The van der Waals surface area contributed by atoms with Crippen molar-refractivity contribution in [1.29, 1.82) is 0 Å². The number of aromatic nitrogens is 2. The van der Waals surface area contributed by atoms with Crippen molar-refractivity contribution in [3.63, 3.8) is 0 Å². The number of ether oxygens (including phenoxy) is 1. The van der Waals surface area contributed by atoms with Crippen LogP contribution in [0.1, 0.15) is 30.1 Å². The van der Waals surface area contributed by atoms with E-state index in [0.29, 0.717) is 6.54 Å². The van der Waals surface area contributed by atoms with Gasteiger partial charge in [0, 0.05) is 18.8 Å². The van der Waals surface area contributed by atoms with Gasteiger partial charge in [-0.15, -0.1) is 12.4 Å². The Bertz CT molecular complexity index is 1220. The quantitative estimate of drug-likeness (QED) is 0.626.